The highest BCUT2D eigenvalue weighted by atomic mass is 19.1. The molecule has 0 bridgehead atoms. The lowest BCUT2D eigenvalue weighted by atomic mass is 9.94. The highest BCUT2D eigenvalue weighted by Gasteiger charge is 2.39. The van der Waals surface area contributed by atoms with E-state index in [4.69, 9.17) is 9.47 Å². The maximum atomic E-state index is 13.8. The molecule has 2 heterocycles. The van der Waals surface area contributed by atoms with E-state index in [1.54, 1.807) is 62.2 Å². The Morgan fingerprint density at radius 2 is 1.94 bits per heavy atom. The quantitative estimate of drug-likeness (QED) is 0.637. The van der Waals surface area contributed by atoms with Gasteiger partial charge in [-0.2, -0.15) is 0 Å². The monoisotopic (exact) mass is 497 g/mol. The molecule has 0 radical (unpaired) electrons. The summed E-state index contributed by atoms with van der Waals surface area (Å²) < 4.78 is 26.0. The molecule has 2 aromatic rings. The lowest BCUT2D eigenvalue weighted by Gasteiger charge is -2.42. The van der Waals surface area contributed by atoms with Crippen molar-refractivity contribution in [2.75, 3.05) is 19.0 Å². The molecule has 1 saturated heterocycles. The van der Waals surface area contributed by atoms with Gasteiger partial charge in [0.1, 0.15) is 24.3 Å². The summed E-state index contributed by atoms with van der Waals surface area (Å²) in [5.74, 6) is -0.697. The number of amides is 3. The fourth-order valence-corrected chi connectivity index (χ4v) is 4.51. The third-order valence-electron chi connectivity index (χ3n) is 6.65. The maximum absolute atomic E-state index is 13.8. The van der Waals surface area contributed by atoms with Crippen LogP contribution in [-0.4, -0.2) is 54.5 Å². The Hall–Kier alpha value is -3.46. The van der Waals surface area contributed by atoms with Gasteiger partial charge in [-0.05, 0) is 37.1 Å². The van der Waals surface area contributed by atoms with Crippen molar-refractivity contribution >= 4 is 23.4 Å². The third kappa shape index (κ3) is 5.84. The molecule has 9 heteroatoms. The highest BCUT2D eigenvalue weighted by molar-refractivity contribution is 6.00. The largest absolute Gasteiger partial charge is 0.490 e. The zero-order valence-electron chi connectivity index (χ0n) is 20.8. The van der Waals surface area contributed by atoms with Gasteiger partial charge in [-0.3, -0.25) is 14.4 Å². The van der Waals surface area contributed by atoms with E-state index in [2.05, 4.69) is 10.6 Å². The van der Waals surface area contributed by atoms with Crippen LogP contribution in [-0.2, 0) is 20.9 Å². The normalized spacial score (nSPS) is 21.5. The first-order chi connectivity index (χ1) is 17.2. The Bertz CT molecular complexity index is 1140. The maximum Gasteiger partial charge on any atom is 0.257 e. The minimum Gasteiger partial charge on any atom is -0.490 e. The molecule has 2 aliphatic rings. The van der Waals surface area contributed by atoms with Gasteiger partial charge >= 0.3 is 0 Å². The molecule has 2 N–H and O–H groups in total. The summed E-state index contributed by atoms with van der Waals surface area (Å²) in [6.45, 7) is 3.93. The molecule has 0 saturated carbocycles. The second kappa shape index (κ2) is 11.1. The van der Waals surface area contributed by atoms with Gasteiger partial charge < -0.3 is 25.0 Å². The van der Waals surface area contributed by atoms with Crippen molar-refractivity contribution in [3.05, 3.63) is 59.4 Å². The fourth-order valence-electron chi connectivity index (χ4n) is 4.51. The zero-order chi connectivity index (χ0) is 25.8. The summed E-state index contributed by atoms with van der Waals surface area (Å²) in [7, 11) is 1.74. The molecular weight excluding hydrogens is 465 g/mol. The zero-order valence-corrected chi connectivity index (χ0v) is 20.8. The third-order valence-corrected chi connectivity index (χ3v) is 6.65. The Kier molecular flexibility index (Phi) is 7.88. The number of fused-ring (bicyclic) bond motifs is 2. The number of hydrogen-bond acceptors (Lipinski definition) is 5. The van der Waals surface area contributed by atoms with Gasteiger partial charge in [0, 0.05) is 30.8 Å². The molecule has 192 valence electrons. The molecule has 4 rings (SSSR count). The first kappa shape index (κ1) is 25.6. The number of halogens is 1. The van der Waals surface area contributed by atoms with Crippen LogP contribution >= 0.6 is 0 Å². The molecule has 8 nitrogen and oxygen atoms in total. The SMILES string of the molecule is CC(C)C(=O)Nc1ccc2c(c1)C(=O)N(C)[C@@H]1CC[C@@H](CC(=O)NCc3ccccc3F)O[C@@H]1CO2. The van der Waals surface area contributed by atoms with Crippen LogP contribution in [0.15, 0.2) is 42.5 Å². The molecule has 0 aliphatic carbocycles. The number of ether oxygens (including phenoxy) is 2. The molecule has 1 fully saturated rings. The first-order valence-electron chi connectivity index (χ1n) is 12.2. The number of carbonyl (C=O) groups excluding carboxylic acids is 3. The van der Waals surface area contributed by atoms with Gasteiger partial charge in [0.15, 0.2) is 0 Å². The summed E-state index contributed by atoms with van der Waals surface area (Å²) in [6, 6.07) is 11.1. The number of benzene rings is 2. The van der Waals surface area contributed by atoms with Gasteiger partial charge in [-0.1, -0.05) is 32.0 Å². The Morgan fingerprint density at radius 1 is 1.17 bits per heavy atom. The van der Waals surface area contributed by atoms with Crippen molar-refractivity contribution in [3.8, 4) is 5.75 Å². The molecule has 2 aliphatic heterocycles. The van der Waals surface area contributed by atoms with Crippen LogP contribution in [0.3, 0.4) is 0 Å². The molecule has 3 amide bonds. The first-order valence-corrected chi connectivity index (χ1v) is 12.2. The molecule has 36 heavy (non-hydrogen) atoms. The minimum atomic E-state index is -0.398. The number of carbonyl (C=O) groups is 3. The molecule has 0 spiro atoms. The van der Waals surface area contributed by atoms with Gasteiger partial charge in [0.25, 0.3) is 5.91 Å². The summed E-state index contributed by atoms with van der Waals surface area (Å²) in [5, 5.41) is 5.57. The Balaban J connectivity index is 1.39. The predicted octanol–water partition coefficient (Wildman–Crippen LogP) is 3.51. The number of nitrogens with one attached hydrogen (secondary N) is 2. The van der Waals surface area contributed by atoms with Crippen molar-refractivity contribution in [1.29, 1.82) is 0 Å². The number of nitrogens with zero attached hydrogens (tertiary/aromatic N) is 1. The summed E-state index contributed by atoms with van der Waals surface area (Å²) in [5.41, 5.74) is 1.35. The summed E-state index contributed by atoms with van der Waals surface area (Å²) in [4.78, 5) is 39.5. The van der Waals surface area contributed by atoms with Crippen LogP contribution in [0.1, 0.15) is 49.0 Å². The Morgan fingerprint density at radius 3 is 2.69 bits per heavy atom. The molecule has 0 aromatic heterocycles. The van der Waals surface area contributed by atoms with Crippen molar-refractivity contribution in [2.24, 2.45) is 5.92 Å². The van der Waals surface area contributed by atoms with E-state index in [0.29, 0.717) is 35.4 Å². The van der Waals surface area contributed by atoms with Crippen LogP contribution in [0.25, 0.3) is 0 Å². The second-order valence-electron chi connectivity index (χ2n) is 9.60. The average Bonchev–Trinajstić information content (AvgIpc) is 2.86. The smallest absolute Gasteiger partial charge is 0.257 e. The lowest BCUT2D eigenvalue weighted by Crippen LogP contribution is -2.53. The number of likely N-dealkylation sites (N-methyl/N-ethyl adjacent to an activating group) is 1. The number of hydrogen-bond donors (Lipinski definition) is 2. The van der Waals surface area contributed by atoms with Crippen LogP contribution in [0.4, 0.5) is 10.1 Å². The van der Waals surface area contributed by atoms with Crippen LogP contribution in [0, 0.1) is 11.7 Å². The molecule has 0 unspecified atom stereocenters. The van der Waals surface area contributed by atoms with E-state index in [-0.39, 0.29) is 61.2 Å². The van der Waals surface area contributed by atoms with Gasteiger partial charge in [0.2, 0.25) is 11.8 Å². The van der Waals surface area contributed by atoms with Crippen molar-refractivity contribution in [1.82, 2.24) is 10.2 Å². The van der Waals surface area contributed by atoms with Crippen molar-refractivity contribution in [2.45, 2.75) is 57.9 Å². The standard InChI is InChI=1S/C27H32FN3O5/c1-16(2)26(33)30-18-8-11-23-20(12-18)27(34)31(3)22-10-9-19(36-24(22)15-35-23)13-25(32)29-14-17-6-4-5-7-21(17)28/h4-8,11-12,16,19,22,24H,9-10,13-15H2,1-3H3,(H,29,32)(H,30,33)/t19-,22+,24+/m0/s1. The van der Waals surface area contributed by atoms with E-state index in [0.717, 1.165) is 0 Å². The van der Waals surface area contributed by atoms with E-state index in [9.17, 15) is 18.8 Å². The molecular formula is C27H32FN3O5. The highest BCUT2D eigenvalue weighted by Crippen LogP contribution is 2.32. The predicted molar refractivity (Wildman–Crippen MR) is 132 cm³/mol. The topological polar surface area (TPSA) is 97.0 Å². The number of rotatable bonds is 6. The lowest BCUT2D eigenvalue weighted by molar-refractivity contribution is -0.134. The van der Waals surface area contributed by atoms with E-state index < -0.39 is 6.10 Å². The van der Waals surface area contributed by atoms with Gasteiger partial charge in [0.05, 0.1) is 24.1 Å². The second-order valence-corrected chi connectivity index (χ2v) is 9.60. The van der Waals surface area contributed by atoms with Gasteiger partial charge in [-0.25, -0.2) is 4.39 Å². The van der Waals surface area contributed by atoms with E-state index in [1.807, 2.05) is 0 Å². The summed E-state index contributed by atoms with van der Waals surface area (Å²) in [6.07, 6.45) is 0.673. The Labute approximate surface area is 210 Å². The van der Waals surface area contributed by atoms with Crippen molar-refractivity contribution < 1.29 is 28.2 Å². The van der Waals surface area contributed by atoms with Crippen molar-refractivity contribution in [3.63, 3.8) is 0 Å². The molecule has 3 atom stereocenters. The average molecular weight is 498 g/mol. The van der Waals surface area contributed by atoms with E-state index >= 15 is 0 Å². The van der Waals surface area contributed by atoms with Crippen LogP contribution in [0.5, 0.6) is 5.75 Å². The van der Waals surface area contributed by atoms with Crippen LogP contribution in [0.2, 0.25) is 0 Å². The van der Waals surface area contributed by atoms with Crippen LogP contribution < -0.4 is 15.4 Å². The minimum absolute atomic E-state index is 0.112. The van der Waals surface area contributed by atoms with Gasteiger partial charge in [-0.15, -0.1) is 0 Å². The molecule has 2 aromatic carbocycles. The summed E-state index contributed by atoms with van der Waals surface area (Å²) >= 11 is 0. The van der Waals surface area contributed by atoms with E-state index in [1.165, 1.54) is 6.07 Å². The number of anilines is 1. The fraction of sp³-hybridized carbons (Fsp3) is 0.444.